The van der Waals surface area contributed by atoms with Crippen molar-refractivity contribution in [3.05, 3.63) is 53.1 Å². The van der Waals surface area contributed by atoms with Gasteiger partial charge in [0.15, 0.2) is 0 Å². The van der Waals surface area contributed by atoms with Gasteiger partial charge in [0.25, 0.3) is 0 Å². The summed E-state index contributed by atoms with van der Waals surface area (Å²) in [5, 5.41) is 5.14. The monoisotopic (exact) mass is 386 g/mol. The zero-order chi connectivity index (χ0) is 19.2. The molecule has 0 aromatic heterocycles. The molecule has 0 aliphatic heterocycles. The molecule has 0 heterocycles. The number of hydrogen-bond donors (Lipinski definition) is 2. The molecule has 2 aromatic rings. The average molecular weight is 387 g/mol. The molecule has 8 heteroatoms. The zero-order valence-corrected chi connectivity index (χ0v) is 14.7. The lowest BCUT2D eigenvalue weighted by atomic mass is 10.2. The van der Waals surface area contributed by atoms with Gasteiger partial charge in [-0.05, 0) is 37.3 Å². The Hall–Kier alpha value is -2.41. The van der Waals surface area contributed by atoms with Crippen LogP contribution in [-0.2, 0) is 11.0 Å². The highest BCUT2D eigenvalue weighted by molar-refractivity contribution is 6.31. The molecule has 0 radical (unpaired) electrons. The highest BCUT2D eigenvalue weighted by Gasteiger charge is 2.33. The fraction of sp³-hybridized carbons (Fsp3) is 0.278. The Balaban J connectivity index is 1.91. The summed E-state index contributed by atoms with van der Waals surface area (Å²) in [5.74, 6) is 0.276. The smallest absolute Gasteiger partial charge is 0.417 e. The van der Waals surface area contributed by atoms with Gasteiger partial charge in [0.1, 0.15) is 5.75 Å². The van der Waals surface area contributed by atoms with E-state index in [1.54, 1.807) is 24.3 Å². The van der Waals surface area contributed by atoms with E-state index in [9.17, 15) is 18.0 Å². The van der Waals surface area contributed by atoms with Gasteiger partial charge in [-0.15, -0.1) is 0 Å². The number of hydrogen-bond acceptors (Lipinski definition) is 3. The first-order valence-electron chi connectivity index (χ1n) is 7.93. The molecule has 0 unspecified atom stereocenters. The Morgan fingerprint density at radius 3 is 2.62 bits per heavy atom. The van der Waals surface area contributed by atoms with E-state index in [0.29, 0.717) is 18.0 Å². The quantitative estimate of drug-likeness (QED) is 0.687. The molecule has 0 saturated carbocycles. The SMILES string of the molecule is CCOc1ccccc1NC(=O)CCNc1ccc(Cl)c(C(F)(F)F)c1. The van der Waals surface area contributed by atoms with E-state index in [0.717, 1.165) is 6.07 Å². The van der Waals surface area contributed by atoms with Gasteiger partial charge in [-0.2, -0.15) is 13.2 Å². The lowest BCUT2D eigenvalue weighted by molar-refractivity contribution is -0.137. The standard InChI is InChI=1S/C18H18ClF3N2O2/c1-2-26-16-6-4-3-5-15(16)24-17(25)9-10-23-12-7-8-14(19)13(11-12)18(20,21)22/h3-8,11,23H,2,9-10H2,1H3,(H,24,25). The van der Waals surface area contributed by atoms with Crippen molar-refractivity contribution in [2.24, 2.45) is 0 Å². The third-order valence-corrected chi connectivity index (χ3v) is 3.74. The van der Waals surface area contributed by atoms with Gasteiger partial charge < -0.3 is 15.4 Å². The van der Waals surface area contributed by atoms with Crippen LogP contribution < -0.4 is 15.4 Å². The summed E-state index contributed by atoms with van der Waals surface area (Å²) in [6.45, 7) is 2.47. The molecule has 1 amide bonds. The van der Waals surface area contributed by atoms with Crippen molar-refractivity contribution in [2.45, 2.75) is 19.5 Å². The molecule has 26 heavy (non-hydrogen) atoms. The summed E-state index contributed by atoms with van der Waals surface area (Å²) < 4.78 is 43.9. The van der Waals surface area contributed by atoms with Crippen LogP contribution in [0.1, 0.15) is 18.9 Å². The predicted octanol–water partition coefficient (Wildman–Crippen LogP) is 5.20. The van der Waals surface area contributed by atoms with Crippen LogP contribution >= 0.6 is 11.6 Å². The van der Waals surface area contributed by atoms with Crippen LogP contribution in [0, 0.1) is 0 Å². The van der Waals surface area contributed by atoms with Crippen molar-refractivity contribution in [3.8, 4) is 5.75 Å². The highest BCUT2D eigenvalue weighted by atomic mass is 35.5. The van der Waals surface area contributed by atoms with Crippen LogP contribution in [0.4, 0.5) is 24.5 Å². The first-order chi connectivity index (χ1) is 12.3. The summed E-state index contributed by atoms with van der Waals surface area (Å²) >= 11 is 5.57. The van der Waals surface area contributed by atoms with Crippen LogP contribution in [0.3, 0.4) is 0 Å². The number of rotatable bonds is 7. The van der Waals surface area contributed by atoms with Gasteiger partial charge >= 0.3 is 6.18 Å². The third kappa shape index (κ3) is 5.56. The Morgan fingerprint density at radius 2 is 1.92 bits per heavy atom. The van der Waals surface area contributed by atoms with Crippen molar-refractivity contribution in [1.82, 2.24) is 0 Å². The summed E-state index contributed by atoms with van der Waals surface area (Å²) in [4.78, 5) is 12.0. The molecule has 2 N–H and O–H groups in total. The van der Waals surface area contributed by atoms with Gasteiger partial charge in [0.2, 0.25) is 5.91 Å². The van der Waals surface area contributed by atoms with Gasteiger partial charge in [-0.3, -0.25) is 4.79 Å². The van der Waals surface area contributed by atoms with E-state index in [1.807, 2.05) is 6.92 Å². The maximum atomic E-state index is 12.8. The predicted molar refractivity (Wildman–Crippen MR) is 95.8 cm³/mol. The molecule has 0 saturated heterocycles. The van der Waals surface area contributed by atoms with Crippen molar-refractivity contribution >= 4 is 28.9 Å². The molecule has 140 valence electrons. The van der Waals surface area contributed by atoms with Gasteiger partial charge in [-0.1, -0.05) is 23.7 Å². The third-order valence-electron chi connectivity index (χ3n) is 3.41. The average Bonchev–Trinajstić information content (AvgIpc) is 2.57. The first-order valence-corrected chi connectivity index (χ1v) is 8.31. The lowest BCUT2D eigenvalue weighted by Crippen LogP contribution is -2.17. The largest absolute Gasteiger partial charge is 0.492 e. The molecule has 2 aromatic carbocycles. The lowest BCUT2D eigenvalue weighted by Gasteiger charge is -2.13. The molecule has 0 aliphatic rings. The Morgan fingerprint density at radius 1 is 1.19 bits per heavy atom. The van der Waals surface area contributed by atoms with Crippen LogP contribution in [0.25, 0.3) is 0 Å². The number of anilines is 2. The second kappa shape index (κ2) is 8.80. The van der Waals surface area contributed by atoms with Crippen LogP contribution in [0.5, 0.6) is 5.75 Å². The van der Waals surface area contributed by atoms with Gasteiger partial charge in [-0.25, -0.2) is 0 Å². The molecular formula is C18H18ClF3N2O2. The van der Waals surface area contributed by atoms with E-state index in [-0.39, 0.29) is 29.6 Å². The number of carbonyl (C=O) groups excluding carboxylic acids is 1. The number of benzene rings is 2. The van der Waals surface area contributed by atoms with Gasteiger partial charge in [0, 0.05) is 18.7 Å². The Bertz CT molecular complexity index is 766. The van der Waals surface area contributed by atoms with E-state index >= 15 is 0 Å². The number of ether oxygens (including phenoxy) is 1. The minimum atomic E-state index is -4.53. The molecule has 0 fully saturated rings. The molecule has 4 nitrogen and oxygen atoms in total. The summed E-state index contributed by atoms with van der Waals surface area (Å²) in [6, 6.07) is 10.5. The van der Waals surface area contributed by atoms with E-state index in [1.165, 1.54) is 12.1 Å². The molecule has 0 bridgehead atoms. The Labute approximate surface area is 154 Å². The number of halogens is 4. The number of carbonyl (C=O) groups is 1. The van der Waals surface area contributed by atoms with Crippen molar-refractivity contribution in [3.63, 3.8) is 0 Å². The summed E-state index contributed by atoms with van der Waals surface area (Å²) in [5.41, 5.74) is -0.131. The fourth-order valence-electron chi connectivity index (χ4n) is 2.24. The van der Waals surface area contributed by atoms with Crippen molar-refractivity contribution < 1.29 is 22.7 Å². The maximum absolute atomic E-state index is 12.8. The topological polar surface area (TPSA) is 50.4 Å². The molecule has 2 rings (SSSR count). The zero-order valence-electron chi connectivity index (χ0n) is 14.0. The molecular weight excluding hydrogens is 369 g/mol. The second-order valence-corrected chi connectivity index (χ2v) is 5.75. The molecule has 0 atom stereocenters. The minimum absolute atomic E-state index is 0.0738. The summed E-state index contributed by atoms with van der Waals surface area (Å²) in [6.07, 6.45) is -4.46. The van der Waals surface area contributed by atoms with Crippen molar-refractivity contribution in [2.75, 3.05) is 23.8 Å². The van der Waals surface area contributed by atoms with E-state index < -0.39 is 11.7 Å². The Kier molecular flexibility index (Phi) is 6.74. The van der Waals surface area contributed by atoms with E-state index in [2.05, 4.69) is 10.6 Å². The van der Waals surface area contributed by atoms with Crippen molar-refractivity contribution in [1.29, 1.82) is 0 Å². The molecule has 0 aliphatic carbocycles. The first kappa shape index (κ1) is 19.9. The minimum Gasteiger partial charge on any atom is -0.492 e. The fourth-order valence-corrected chi connectivity index (χ4v) is 2.46. The number of para-hydroxylation sites is 2. The van der Waals surface area contributed by atoms with Crippen LogP contribution in [0.15, 0.2) is 42.5 Å². The number of nitrogens with one attached hydrogen (secondary N) is 2. The van der Waals surface area contributed by atoms with Crippen LogP contribution in [-0.4, -0.2) is 19.1 Å². The number of alkyl halides is 3. The maximum Gasteiger partial charge on any atom is 0.417 e. The summed E-state index contributed by atoms with van der Waals surface area (Å²) in [7, 11) is 0. The van der Waals surface area contributed by atoms with E-state index in [4.69, 9.17) is 16.3 Å². The second-order valence-electron chi connectivity index (χ2n) is 5.35. The van der Waals surface area contributed by atoms with Crippen LogP contribution in [0.2, 0.25) is 5.02 Å². The molecule has 0 spiro atoms. The normalized spacial score (nSPS) is 11.1. The highest BCUT2D eigenvalue weighted by Crippen LogP contribution is 2.36. The van der Waals surface area contributed by atoms with Gasteiger partial charge in [0.05, 0.1) is 22.9 Å². The number of amides is 1.